The molecule has 0 bridgehead atoms. The summed E-state index contributed by atoms with van der Waals surface area (Å²) in [7, 11) is 0. The van der Waals surface area contributed by atoms with Crippen LogP contribution in [0.25, 0.3) is 89.2 Å². The predicted molar refractivity (Wildman–Crippen MR) is 199 cm³/mol. The van der Waals surface area contributed by atoms with E-state index in [0.29, 0.717) is 23.4 Å². The third kappa shape index (κ3) is 4.65. The lowest BCUT2D eigenvalue weighted by atomic mass is 9.91. The van der Waals surface area contributed by atoms with E-state index in [9.17, 15) is 0 Å². The molecule has 0 aliphatic heterocycles. The van der Waals surface area contributed by atoms with Crippen LogP contribution < -0.4 is 0 Å². The quantitative estimate of drug-likeness (QED) is 0.193. The molecule has 0 N–H and O–H groups in total. The third-order valence-electron chi connectivity index (χ3n) is 9.90. The van der Waals surface area contributed by atoms with Crippen LogP contribution in [0.15, 0.2) is 130 Å². The number of nitrogens with zero attached hydrogens (tertiary/aromatic N) is 3. The van der Waals surface area contributed by atoms with Crippen molar-refractivity contribution in [3.8, 4) is 33.9 Å². The second-order valence-corrected chi connectivity index (χ2v) is 13.2. The smallest absolute Gasteiger partial charge is 0.164 e. The zero-order valence-corrected chi connectivity index (χ0v) is 27.0. The standard InChI is InChI=1S/C44H31N3O2/c1-26-18-21-34-38(22-26)49-37-17-9-15-32(40(34)37)31-24-35(41-33-14-7-8-16-36(33)48-39(41)25-31)44-46-42(28-11-3-2-4-12-28)45-43(47-44)30-20-19-27-10-5-6-13-29(27)23-30/h2-3,5-11,13-21,23-26H,4,12,22H2,1H3. The number of hydrogen-bond donors (Lipinski definition) is 0. The molecule has 5 nitrogen and oxygen atoms in total. The Balaban J connectivity index is 1.26. The van der Waals surface area contributed by atoms with Crippen molar-refractivity contribution in [2.45, 2.75) is 26.2 Å². The Morgan fingerprint density at radius 2 is 1.49 bits per heavy atom. The van der Waals surface area contributed by atoms with Gasteiger partial charge in [0.25, 0.3) is 0 Å². The van der Waals surface area contributed by atoms with Gasteiger partial charge in [-0.2, -0.15) is 0 Å². The van der Waals surface area contributed by atoms with E-state index in [0.717, 1.165) is 96.7 Å². The van der Waals surface area contributed by atoms with Gasteiger partial charge in [-0.1, -0.05) is 104 Å². The van der Waals surface area contributed by atoms with Crippen molar-refractivity contribution in [2.75, 3.05) is 0 Å². The Morgan fingerprint density at radius 1 is 0.653 bits per heavy atom. The Morgan fingerprint density at radius 3 is 2.41 bits per heavy atom. The number of fused-ring (bicyclic) bond motifs is 7. The number of para-hydroxylation sites is 1. The van der Waals surface area contributed by atoms with E-state index < -0.39 is 0 Å². The van der Waals surface area contributed by atoms with Gasteiger partial charge < -0.3 is 8.83 Å². The molecule has 1 unspecified atom stereocenters. The minimum absolute atomic E-state index is 0.444. The first-order chi connectivity index (χ1) is 24.2. The molecular formula is C44H31N3O2. The van der Waals surface area contributed by atoms with Crippen LogP contribution in [0.2, 0.25) is 0 Å². The summed E-state index contributed by atoms with van der Waals surface area (Å²) >= 11 is 0. The summed E-state index contributed by atoms with van der Waals surface area (Å²) in [6, 6.07) is 33.7. The van der Waals surface area contributed by atoms with Gasteiger partial charge in [-0.05, 0) is 76.6 Å². The SMILES string of the molecule is CC1C=Cc2c(oc3cccc(-c4cc(-c5nc(C6=CC=CCC6)nc(-c6ccc7ccccc7c6)n5)c5c(c4)oc4ccccc45)c23)C1. The van der Waals surface area contributed by atoms with E-state index in [2.05, 4.69) is 122 Å². The van der Waals surface area contributed by atoms with Crippen LogP contribution in [0.4, 0.5) is 0 Å². The van der Waals surface area contributed by atoms with E-state index in [-0.39, 0.29) is 0 Å². The van der Waals surface area contributed by atoms with Crippen molar-refractivity contribution in [1.82, 2.24) is 15.0 Å². The van der Waals surface area contributed by atoms with Gasteiger partial charge in [0.05, 0.1) is 0 Å². The maximum absolute atomic E-state index is 6.58. The molecule has 10 rings (SSSR count). The summed E-state index contributed by atoms with van der Waals surface area (Å²) in [6.07, 6.45) is 13.6. The van der Waals surface area contributed by atoms with E-state index >= 15 is 0 Å². The highest BCUT2D eigenvalue weighted by atomic mass is 16.3. The lowest BCUT2D eigenvalue weighted by Gasteiger charge is -2.14. The summed E-state index contributed by atoms with van der Waals surface area (Å²) in [4.78, 5) is 15.6. The summed E-state index contributed by atoms with van der Waals surface area (Å²) in [5, 5.41) is 5.47. The average molecular weight is 634 g/mol. The van der Waals surface area contributed by atoms with Gasteiger partial charge >= 0.3 is 0 Å². The first-order valence-corrected chi connectivity index (χ1v) is 17.0. The topological polar surface area (TPSA) is 65.0 Å². The summed E-state index contributed by atoms with van der Waals surface area (Å²) in [5.41, 5.74) is 8.76. The zero-order valence-electron chi connectivity index (χ0n) is 27.0. The average Bonchev–Trinajstić information content (AvgIpc) is 3.72. The van der Waals surface area contributed by atoms with Gasteiger partial charge in [0.15, 0.2) is 17.5 Å². The minimum atomic E-state index is 0.444. The second-order valence-electron chi connectivity index (χ2n) is 13.2. The summed E-state index contributed by atoms with van der Waals surface area (Å²) in [6.45, 7) is 2.23. The molecule has 0 radical (unpaired) electrons. The van der Waals surface area contributed by atoms with Crippen LogP contribution in [0.5, 0.6) is 0 Å². The number of furan rings is 2. The molecule has 0 fully saturated rings. The molecule has 2 aliphatic rings. The lowest BCUT2D eigenvalue weighted by molar-refractivity contribution is 0.513. The minimum Gasteiger partial charge on any atom is -0.460 e. The molecule has 49 heavy (non-hydrogen) atoms. The maximum atomic E-state index is 6.58. The van der Waals surface area contributed by atoms with Gasteiger partial charge in [-0.3, -0.25) is 0 Å². The third-order valence-corrected chi connectivity index (χ3v) is 9.90. The van der Waals surface area contributed by atoms with Crippen molar-refractivity contribution in [2.24, 2.45) is 5.92 Å². The molecule has 5 aromatic carbocycles. The van der Waals surface area contributed by atoms with E-state index in [1.165, 1.54) is 5.39 Å². The van der Waals surface area contributed by atoms with Crippen LogP contribution in [0, 0.1) is 5.92 Å². The molecule has 3 heterocycles. The largest absolute Gasteiger partial charge is 0.460 e. The van der Waals surface area contributed by atoms with Crippen LogP contribution >= 0.6 is 0 Å². The fraction of sp³-hybridized carbons (Fsp3) is 0.114. The number of hydrogen-bond acceptors (Lipinski definition) is 5. The molecule has 0 saturated carbocycles. The van der Waals surface area contributed by atoms with Crippen LogP contribution in [0.3, 0.4) is 0 Å². The Kier molecular flexibility index (Phi) is 6.28. The molecule has 8 aromatic rings. The molecule has 2 aliphatic carbocycles. The Hall–Kier alpha value is -6.07. The monoisotopic (exact) mass is 633 g/mol. The lowest BCUT2D eigenvalue weighted by Crippen LogP contribution is -2.04. The number of aromatic nitrogens is 3. The maximum Gasteiger partial charge on any atom is 0.164 e. The van der Waals surface area contributed by atoms with Gasteiger partial charge in [0, 0.05) is 39.3 Å². The first kappa shape index (κ1) is 28.0. The van der Waals surface area contributed by atoms with Crippen LogP contribution in [-0.4, -0.2) is 15.0 Å². The molecule has 5 heteroatoms. The van der Waals surface area contributed by atoms with E-state index in [4.69, 9.17) is 23.8 Å². The predicted octanol–water partition coefficient (Wildman–Crippen LogP) is 11.6. The molecule has 234 valence electrons. The highest BCUT2D eigenvalue weighted by Crippen LogP contribution is 2.43. The van der Waals surface area contributed by atoms with Crippen molar-refractivity contribution in [1.29, 1.82) is 0 Å². The highest BCUT2D eigenvalue weighted by Gasteiger charge is 2.24. The van der Waals surface area contributed by atoms with Crippen molar-refractivity contribution >= 4 is 55.3 Å². The van der Waals surface area contributed by atoms with Crippen molar-refractivity contribution in [3.63, 3.8) is 0 Å². The summed E-state index contributed by atoms with van der Waals surface area (Å²) in [5.74, 6) is 3.46. The van der Waals surface area contributed by atoms with Crippen LogP contribution in [-0.2, 0) is 6.42 Å². The van der Waals surface area contributed by atoms with Gasteiger partial charge in [0.1, 0.15) is 22.5 Å². The normalized spacial score (nSPS) is 15.8. The molecule has 0 spiro atoms. The number of rotatable bonds is 4. The van der Waals surface area contributed by atoms with Crippen molar-refractivity contribution in [3.05, 3.63) is 139 Å². The summed E-state index contributed by atoms with van der Waals surface area (Å²) < 4.78 is 13.0. The Labute approximate surface area is 283 Å². The number of allylic oxidation sites excluding steroid dienone is 5. The van der Waals surface area contributed by atoms with E-state index in [1.807, 2.05) is 12.1 Å². The van der Waals surface area contributed by atoms with Crippen molar-refractivity contribution < 1.29 is 8.83 Å². The molecular weight excluding hydrogens is 603 g/mol. The van der Waals surface area contributed by atoms with E-state index in [1.54, 1.807) is 0 Å². The van der Waals surface area contributed by atoms with Gasteiger partial charge in [-0.15, -0.1) is 0 Å². The fourth-order valence-corrected chi connectivity index (χ4v) is 7.48. The number of benzene rings is 5. The van der Waals surface area contributed by atoms with Crippen LogP contribution in [0.1, 0.15) is 36.9 Å². The van der Waals surface area contributed by atoms with Gasteiger partial charge in [0.2, 0.25) is 0 Å². The second kappa shape index (κ2) is 11.0. The highest BCUT2D eigenvalue weighted by molar-refractivity contribution is 6.14. The molecule has 0 amide bonds. The first-order valence-electron chi connectivity index (χ1n) is 17.0. The molecule has 0 saturated heterocycles. The van der Waals surface area contributed by atoms with Gasteiger partial charge in [-0.25, -0.2) is 15.0 Å². The zero-order chi connectivity index (χ0) is 32.5. The molecule has 1 atom stereocenters. The molecule has 3 aromatic heterocycles. The Bertz CT molecular complexity index is 2720. The fourth-order valence-electron chi connectivity index (χ4n) is 7.48.